The monoisotopic (exact) mass is 1800 g/mol. The van der Waals surface area contributed by atoms with Gasteiger partial charge >= 0.3 is 53.7 Å². The Morgan fingerprint density at radius 2 is 0.408 bits per heavy atom. The molecule has 0 radical (unpaired) electrons. The molecule has 0 rings (SSSR count). The predicted molar refractivity (Wildman–Crippen MR) is 432 cm³/mol. The summed E-state index contributed by atoms with van der Waals surface area (Å²) in [5, 5.41) is 8.60. The van der Waals surface area contributed by atoms with Gasteiger partial charge in [-0.1, -0.05) is 151 Å². The molecule has 0 aromatic rings. The maximum Gasteiger partial charge on any atom is 0.460 e. The average molecular weight is 1800 g/mol. The van der Waals surface area contributed by atoms with Crippen molar-refractivity contribution < 1.29 is 181 Å². The second-order valence-corrected chi connectivity index (χ2v) is 25.2. The first-order chi connectivity index (χ1) is 54.6. The number of esters is 3. The Hall–Kier alpha value is -3.30. The quantitative estimate of drug-likeness (QED) is 0.0256. The van der Waals surface area contributed by atoms with Crippen LogP contribution in [0.1, 0.15) is 183 Å². The first-order valence-corrected chi connectivity index (χ1v) is 39.6. The zero-order valence-corrected chi connectivity index (χ0v) is 68.4. The maximum atomic E-state index is 13.4. The lowest BCUT2D eigenvalue weighted by Gasteiger charge is -2.39. The minimum atomic E-state index is -7.93. The number of halogens is 13. The van der Waals surface area contributed by atoms with E-state index in [1.54, 1.807) is 0 Å². The van der Waals surface area contributed by atoms with Crippen LogP contribution in [-0.2, 0) is 119 Å². The van der Waals surface area contributed by atoms with Crippen LogP contribution in [0.3, 0.4) is 0 Å². The van der Waals surface area contributed by atoms with E-state index in [9.17, 15) is 71.5 Å². The van der Waals surface area contributed by atoms with Crippen LogP contribution in [0.4, 0.5) is 57.1 Å². The van der Waals surface area contributed by atoms with Crippen molar-refractivity contribution in [3.05, 3.63) is 0 Å². The molecule has 39 heteroatoms. The van der Waals surface area contributed by atoms with Gasteiger partial charge in [0.25, 0.3) is 0 Å². The Labute approximate surface area is 710 Å². The minimum absolute atomic E-state index is 0. The van der Waals surface area contributed by atoms with E-state index in [-0.39, 0.29) is 88.0 Å². The van der Waals surface area contributed by atoms with E-state index in [4.69, 9.17) is 105 Å². The normalized spacial score (nSPS) is 12.5. The van der Waals surface area contributed by atoms with E-state index in [2.05, 4.69) is 11.7 Å². The second-order valence-electron chi connectivity index (χ2n) is 25.2. The maximum absolute atomic E-state index is 13.4. The van der Waals surface area contributed by atoms with E-state index in [0.717, 1.165) is 19.3 Å². The summed E-state index contributed by atoms with van der Waals surface area (Å²) in [5.74, 6) is -39.5. The zero-order valence-electron chi connectivity index (χ0n) is 68.4. The molecule has 0 aromatic heterocycles. The largest absolute Gasteiger partial charge is 0.465 e. The molecular formula is C81H161F13O26. The van der Waals surface area contributed by atoms with E-state index in [1.807, 2.05) is 27.7 Å². The van der Waals surface area contributed by atoms with E-state index < -0.39 is 60.7 Å². The summed E-state index contributed by atoms with van der Waals surface area (Å²) in [7, 11) is 0. The molecule has 3 unspecified atom stereocenters. The van der Waals surface area contributed by atoms with Gasteiger partial charge in [-0.25, -0.2) is 0 Å². The van der Waals surface area contributed by atoms with Crippen LogP contribution < -0.4 is 0 Å². The van der Waals surface area contributed by atoms with Crippen LogP contribution in [0, 0.1) is 17.8 Å². The number of rotatable bonds is 83. The molecule has 3 atom stereocenters. The van der Waals surface area contributed by atoms with Gasteiger partial charge in [0.05, 0.1) is 295 Å². The molecule has 0 aromatic carbocycles. The Kier molecular flexibility index (Phi) is 103. The molecule has 0 heterocycles. The third-order valence-corrected chi connectivity index (χ3v) is 15.8. The number of aliphatic hydroxyl groups is 1. The summed E-state index contributed by atoms with van der Waals surface area (Å²) in [4.78, 5) is 34.1. The fourth-order valence-electron chi connectivity index (χ4n) is 8.25. The molecule has 120 heavy (non-hydrogen) atoms. The Morgan fingerprint density at radius 1 is 0.233 bits per heavy atom. The number of hydrogen-bond donors (Lipinski definition) is 1. The van der Waals surface area contributed by atoms with E-state index >= 15 is 0 Å². The second kappa shape index (κ2) is 91.9. The van der Waals surface area contributed by atoms with Crippen molar-refractivity contribution in [1.82, 2.24) is 0 Å². The van der Waals surface area contributed by atoms with Gasteiger partial charge in [-0.2, -0.15) is 57.1 Å². The molecule has 0 amide bonds. The van der Waals surface area contributed by atoms with Gasteiger partial charge < -0.3 is 109 Å². The molecule has 26 nitrogen and oxygen atoms in total. The molecular weight excluding hydrogens is 1640 g/mol. The summed E-state index contributed by atoms with van der Waals surface area (Å²) in [6.45, 7) is 29.9. The van der Waals surface area contributed by atoms with Crippen LogP contribution in [0.5, 0.6) is 0 Å². The number of carbonyl (C=O) groups excluding carboxylic acids is 3. The van der Waals surface area contributed by atoms with Crippen LogP contribution in [0.2, 0.25) is 0 Å². The van der Waals surface area contributed by atoms with Gasteiger partial charge in [-0.15, -0.1) is 0 Å². The molecule has 0 saturated heterocycles. The highest BCUT2D eigenvalue weighted by Gasteiger charge is 2.90. The average Bonchev–Trinajstić information content (AvgIpc) is 0.712. The number of hydrogen-bond acceptors (Lipinski definition) is 26. The number of ether oxygens (including phenoxy) is 22. The number of carbonyl (C=O) groups is 3. The van der Waals surface area contributed by atoms with Gasteiger partial charge in [0.1, 0.15) is 6.61 Å². The van der Waals surface area contributed by atoms with Gasteiger partial charge in [0, 0.05) is 0 Å². The number of aliphatic hydroxyl groups excluding tert-OH is 1. The summed E-state index contributed by atoms with van der Waals surface area (Å²) < 4.78 is 285. The lowest BCUT2D eigenvalue weighted by molar-refractivity contribution is -0.440. The molecule has 1 N–H and O–H groups in total. The summed E-state index contributed by atoms with van der Waals surface area (Å²) in [5.41, 5.74) is 0. The lowest BCUT2D eigenvalue weighted by atomic mass is 9.93. The fourth-order valence-corrected chi connectivity index (χ4v) is 8.25. The van der Waals surface area contributed by atoms with Crippen molar-refractivity contribution >= 4 is 17.9 Å². The third kappa shape index (κ3) is 74.9. The van der Waals surface area contributed by atoms with Crippen molar-refractivity contribution in [2.75, 3.05) is 277 Å². The highest BCUT2D eigenvalue weighted by molar-refractivity contribution is 5.72. The highest BCUT2D eigenvalue weighted by atomic mass is 19.4. The summed E-state index contributed by atoms with van der Waals surface area (Å²) >= 11 is 0. The van der Waals surface area contributed by atoms with Crippen LogP contribution in [0.25, 0.3) is 0 Å². The topological polar surface area (TPSA) is 274 Å². The standard InChI is InChI=1S/C45H90O22.C17H34O2.C13H13F13O2.6CH4/c1-3-44(2)45(47)67-43-42-66-41-40-65-39-38-64-37-36-63-35-34-62-33-32-61-31-30-60-29-28-59-27-26-58-25-24-57-23-22-56-21-20-55-19-18-54-17-16-53-15-14-52-13-12-51-11-10-50-9-8-49-7-6-48-5-4-46;1-4-6-7-8-9-10-11-12-13-14-15-19-17(18)16(3)5-2;1-3-6(2)7(27)28-5-4-8(14,15)9(16,17)10(18,19)11(20,21)12(22,23)13(24,25)26;;;;;;/h44,46H,3-43H2,1-2H3;16H,4-15H2,1-3H3;6H,3-5H2,1-2H3;6*1H4. The minimum Gasteiger partial charge on any atom is -0.465 e. The molecule has 0 aliphatic heterocycles. The van der Waals surface area contributed by atoms with Crippen LogP contribution in [-0.4, -0.2) is 336 Å². The molecule has 0 aliphatic rings. The van der Waals surface area contributed by atoms with Crippen molar-refractivity contribution in [2.24, 2.45) is 17.8 Å². The molecule has 0 bridgehead atoms. The van der Waals surface area contributed by atoms with Gasteiger partial charge in [0.15, 0.2) is 0 Å². The van der Waals surface area contributed by atoms with Gasteiger partial charge in [-0.3, -0.25) is 14.4 Å². The van der Waals surface area contributed by atoms with E-state index in [1.165, 1.54) is 71.6 Å². The Balaban J connectivity index is -0.000000272. The van der Waals surface area contributed by atoms with Crippen molar-refractivity contribution in [3.8, 4) is 0 Å². The molecule has 0 saturated carbocycles. The van der Waals surface area contributed by atoms with Crippen LogP contribution >= 0.6 is 0 Å². The van der Waals surface area contributed by atoms with Crippen molar-refractivity contribution in [2.45, 2.75) is 219 Å². The molecule has 0 fully saturated rings. The first kappa shape index (κ1) is 135. The molecule has 732 valence electrons. The summed E-state index contributed by atoms with van der Waals surface area (Å²) in [6, 6.07) is 0. The van der Waals surface area contributed by atoms with Gasteiger partial charge in [-0.05, 0) is 25.7 Å². The first-order valence-electron chi connectivity index (χ1n) is 39.6. The number of unbranched alkanes of at least 4 members (excludes halogenated alkanes) is 9. The predicted octanol–water partition coefficient (Wildman–Crippen LogP) is 15.9. The smallest absolute Gasteiger partial charge is 0.460 e. The summed E-state index contributed by atoms with van der Waals surface area (Å²) in [6.07, 6.45) is 4.86. The number of alkyl halides is 13. The fraction of sp³-hybridized carbons (Fsp3) is 0.963. The SMILES string of the molecule is C.C.C.C.C.C.CCC(C)C(=O)OCCC(F)(F)C(F)(F)C(F)(F)C(F)(F)C(F)(F)C(F)(F)F.CCC(C)C(=O)OCCOCCOCCOCCOCCOCCOCCOCCOCCOCCOCCOCCOCCOCCOCCOCCOCCOCCOCCOCCO.CCCCCCCCCCCCOC(=O)C(C)CC. The zero-order chi connectivity index (χ0) is 85.6. The lowest BCUT2D eigenvalue weighted by Crippen LogP contribution is -2.70. The van der Waals surface area contributed by atoms with Crippen molar-refractivity contribution in [1.29, 1.82) is 0 Å². The van der Waals surface area contributed by atoms with Crippen molar-refractivity contribution in [3.63, 3.8) is 0 Å². The Bertz CT molecular complexity index is 2120. The van der Waals surface area contributed by atoms with Gasteiger partial charge in [0.2, 0.25) is 0 Å². The molecule has 0 aliphatic carbocycles. The third-order valence-electron chi connectivity index (χ3n) is 15.8. The van der Waals surface area contributed by atoms with E-state index in [0.29, 0.717) is 258 Å². The van der Waals surface area contributed by atoms with Crippen LogP contribution in [0.15, 0.2) is 0 Å². The highest BCUT2D eigenvalue weighted by Crippen LogP contribution is 2.60. The Morgan fingerprint density at radius 3 is 0.608 bits per heavy atom. The molecule has 0 spiro atoms.